The third-order valence-corrected chi connectivity index (χ3v) is 3.15. The number of rotatable bonds is 2. The van der Waals surface area contributed by atoms with Gasteiger partial charge < -0.3 is 4.74 Å². The highest BCUT2D eigenvalue weighted by molar-refractivity contribution is 5.36. The van der Waals surface area contributed by atoms with Gasteiger partial charge in [-0.1, -0.05) is 30.4 Å². The Labute approximate surface area is 106 Å². The fraction of sp³-hybridized carbons (Fsp3) is 0.429. The molecule has 0 saturated heterocycles. The van der Waals surface area contributed by atoms with Crippen LogP contribution in [0.25, 0.3) is 0 Å². The Morgan fingerprint density at radius 1 is 1.33 bits per heavy atom. The van der Waals surface area contributed by atoms with Crippen molar-refractivity contribution in [1.82, 2.24) is 0 Å². The van der Waals surface area contributed by atoms with E-state index in [2.05, 4.69) is 6.08 Å². The van der Waals surface area contributed by atoms with Gasteiger partial charge in [-0.2, -0.15) is 0 Å². The second-order valence-electron chi connectivity index (χ2n) is 4.46. The average Bonchev–Trinajstić information content (AvgIpc) is 2.36. The zero-order valence-corrected chi connectivity index (χ0v) is 10.2. The van der Waals surface area contributed by atoms with Crippen molar-refractivity contribution in [1.29, 1.82) is 0 Å². The van der Waals surface area contributed by atoms with Crippen LogP contribution in [0, 0.1) is 10.1 Å². The van der Waals surface area contributed by atoms with Gasteiger partial charge in [-0.15, -0.1) is 0 Å². The van der Waals surface area contributed by atoms with Gasteiger partial charge in [0.25, 0.3) is 0 Å². The van der Waals surface area contributed by atoms with Gasteiger partial charge in [0.15, 0.2) is 0 Å². The monoisotopic (exact) mass is 247 g/mol. The Balaban J connectivity index is 2.27. The number of fused-ring (bicyclic) bond motifs is 1. The van der Waals surface area contributed by atoms with Crippen LogP contribution in [0.15, 0.2) is 36.4 Å². The minimum absolute atomic E-state index is 0.0237. The summed E-state index contributed by atoms with van der Waals surface area (Å²) in [6.07, 6.45) is 6.84. The quantitative estimate of drug-likeness (QED) is 0.458. The van der Waals surface area contributed by atoms with E-state index in [1.54, 1.807) is 0 Å². The fourth-order valence-corrected chi connectivity index (χ4v) is 2.28. The van der Waals surface area contributed by atoms with E-state index in [0.29, 0.717) is 6.61 Å². The topological polar surface area (TPSA) is 52.4 Å². The minimum atomic E-state index is -0.233. The van der Waals surface area contributed by atoms with E-state index in [0.717, 1.165) is 30.6 Å². The molecule has 0 fully saturated rings. The van der Waals surface area contributed by atoms with Crippen molar-refractivity contribution in [3.05, 3.63) is 52.1 Å². The summed E-state index contributed by atoms with van der Waals surface area (Å²) in [5.41, 5.74) is 0.963. The predicted octanol–water partition coefficient (Wildman–Crippen LogP) is 3.17. The highest BCUT2D eigenvalue weighted by Crippen LogP contribution is 2.31. The molecule has 0 aromatic heterocycles. The van der Waals surface area contributed by atoms with Crippen LogP contribution in [-0.2, 0) is 0 Å². The number of para-hydroxylation sites is 1. The zero-order chi connectivity index (χ0) is 12.8. The van der Waals surface area contributed by atoms with Gasteiger partial charge in [0.1, 0.15) is 12.4 Å². The van der Waals surface area contributed by atoms with Crippen LogP contribution in [0.2, 0.25) is 0 Å². The first-order valence-electron chi connectivity index (χ1n) is 6.26. The van der Waals surface area contributed by atoms with E-state index in [1.165, 1.54) is 0 Å². The maximum absolute atomic E-state index is 10.8. The number of nitrogens with zero attached hydrogens (tertiary/aromatic N) is 1. The average molecular weight is 247 g/mol. The summed E-state index contributed by atoms with van der Waals surface area (Å²) in [7, 11) is 0. The first-order chi connectivity index (χ1) is 8.77. The van der Waals surface area contributed by atoms with Gasteiger partial charge >= 0.3 is 0 Å². The first kappa shape index (κ1) is 12.6. The van der Waals surface area contributed by atoms with Crippen LogP contribution < -0.4 is 4.74 Å². The predicted molar refractivity (Wildman–Crippen MR) is 69.5 cm³/mol. The third-order valence-electron chi connectivity index (χ3n) is 3.15. The summed E-state index contributed by atoms with van der Waals surface area (Å²) in [6.45, 7) is 0.506. The molecule has 1 unspecified atom stereocenters. The normalized spacial score (nSPS) is 21.4. The van der Waals surface area contributed by atoms with Crippen LogP contribution in [0.1, 0.15) is 30.7 Å². The molecule has 0 N–H and O–H groups in total. The lowest BCUT2D eigenvalue weighted by Crippen LogP contribution is -2.14. The zero-order valence-electron chi connectivity index (χ0n) is 10.2. The van der Waals surface area contributed by atoms with Gasteiger partial charge in [-0.25, -0.2) is 0 Å². The van der Waals surface area contributed by atoms with Gasteiger partial charge in [-0.05, 0) is 25.3 Å². The molecule has 2 rings (SSSR count). The van der Waals surface area contributed by atoms with Gasteiger partial charge in [0.2, 0.25) is 6.54 Å². The number of hydrogen-bond acceptors (Lipinski definition) is 3. The summed E-state index contributed by atoms with van der Waals surface area (Å²) in [5, 5.41) is 10.8. The molecular formula is C14H17NO3. The molecule has 0 bridgehead atoms. The van der Waals surface area contributed by atoms with Crippen molar-refractivity contribution in [2.75, 3.05) is 13.2 Å². The van der Waals surface area contributed by atoms with Crippen molar-refractivity contribution in [2.24, 2.45) is 0 Å². The molecule has 0 aliphatic carbocycles. The molecule has 1 aromatic carbocycles. The van der Waals surface area contributed by atoms with Crippen LogP contribution in [-0.4, -0.2) is 18.1 Å². The largest absolute Gasteiger partial charge is 0.489 e. The number of allylic oxidation sites excluding steroid dienone is 1. The van der Waals surface area contributed by atoms with Crippen molar-refractivity contribution in [3.63, 3.8) is 0 Å². The van der Waals surface area contributed by atoms with Crippen LogP contribution in [0.4, 0.5) is 0 Å². The lowest BCUT2D eigenvalue weighted by Gasteiger charge is -2.18. The highest BCUT2D eigenvalue weighted by Gasteiger charge is 2.21. The Bertz CT molecular complexity index is 442. The summed E-state index contributed by atoms with van der Waals surface area (Å²) in [6, 6.07) is 7.64. The van der Waals surface area contributed by atoms with E-state index >= 15 is 0 Å². The molecule has 1 aromatic rings. The van der Waals surface area contributed by atoms with Crippen LogP contribution in [0.3, 0.4) is 0 Å². The maximum atomic E-state index is 10.8. The van der Waals surface area contributed by atoms with E-state index in [4.69, 9.17) is 4.74 Å². The molecule has 1 aliphatic heterocycles. The van der Waals surface area contributed by atoms with E-state index in [1.807, 2.05) is 30.3 Å². The first-order valence-corrected chi connectivity index (χ1v) is 6.26. The number of benzene rings is 1. The summed E-state index contributed by atoms with van der Waals surface area (Å²) >= 11 is 0. The summed E-state index contributed by atoms with van der Waals surface area (Å²) < 4.78 is 5.67. The standard InChI is InChI=1S/C14H17NO3/c16-15(17)11-12-7-3-1-2-6-10-18-14-9-5-4-8-13(12)14/h2,4-6,8-9,12H,1,3,7,10-11H2/b6-2+. The molecule has 0 amide bonds. The van der Waals surface area contributed by atoms with Gasteiger partial charge in [0, 0.05) is 10.5 Å². The summed E-state index contributed by atoms with van der Waals surface area (Å²) in [4.78, 5) is 10.5. The minimum Gasteiger partial charge on any atom is -0.489 e. The Morgan fingerprint density at radius 2 is 2.17 bits per heavy atom. The van der Waals surface area contributed by atoms with Crippen LogP contribution >= 0.6 is 0 Å². The van der Waals surface area contributed by atoms with Crippen molar-refractivity contribution < 1.29 is 9.66 Å². The molecule has 1 aliphatic rings. The fourth-order valence-electron chi connectivity index (χ4n) is 2.28. The second kappa shape index (κ2) is 6.19. The third kappa shape index (κ3) is 3.32. The number of nitro groups is 1. The Kier molecular flexibility index (Phi) is 4.34. The van der Waals surface area contributed by atoms with Crippen molar-refractivity contribution in [2.45, 2.75) is 25.2 Å². The van der Waals surface area contributed by atoms with E-state index in [-0.39, 0.29) is 17.4 Å². The van der Waals surface area contributed by atoms with Crippen molar-refractivity contribution >= 4 is 0 Å². The number of hydrogen-bond donors (Lipinski definition) is 0. The highest BCUT2D eigenvalue weighted by atomic mass is 16.6. The molecule has 4 heteroatoms. The van der Waals surface area contributed by atoms with E-state index in [9.17, 15) is 10.1 Å². The summed E-state index contributed by atoms with van der Waals surface area (Å²) in [5.74, 6) is 0.721. The Morgan fingerprint density at radius 3 is 3.00 bits per heavy atom. The SMILES string of the molecule is O=[N+]([O-])CC1CCC/C=C/COc2ccccc21. The lowest BCUT2D eigenvalue weighted by molar-refractivity contribution is -0.483. The maximum Gasteiger partial charge on any atom is 0.210 e. The number of ether oxygens (including phenoxy) is 1. The molecule has 18 heavy (non-hydrogen) atoms. The second-order valence-corrected chi connectivity index (χ2v) is 4.46. The smallest absolute Gasteiger partial charge is 0.210 e. The lowest BCUT2D eigenvalue weighted by atomic mass is 9.92. The molecule has 0 radical (unpaired) electrons. The Hall–Kier alpha value is -1.84. The molecule has 0 saturated carbocycles. The molecule has 0 spiro atoms. The molecule has 96 valence electrons. The van der Waals surface area contributed by atoms with E-state index < -0.39 is 0 Å². The molecule has 4 nitrogen and oxygen atoms in total. The van der Waals surface area contributed by atoms with Gasteiger partial charge in [-0.3, -0.25) is 10.1 Å². The van der Waals surface area contributed by atoms with Crippen molar-refractivity contribution in [3.8, 4) is 5.75 Å². The molecule has 1 heterocycles. The molecular weight excluding hydrogens is 230 g/mol. The van der Waals surface area contributed by atoms with Gasteiger partial charge in [0.05, 0.1) is 5.92 Å². The molecule has 1 atom stereocenters. The van der Waals surface area contributed by atoms with Crippen LogP contribution in [0.5, 0.6) is 5.75 Å².